The van der Waals surface area contributed by atoms with Gasteiger partial charge in [-0.2, -0.15) is 4.98 Å². The smallest absolute Gasteiger partial charge is 0.246 e. The van der Waals surface area contributed by atoms with Gasteiger partial charge in [0.05, 0.1) is 5.92 Å². The molecule has 5 heteroatoms. The van der Waals surface area contributed by atoms with Gasteiger partial charge in [0.2, 0.25) is 11.8 Å². The van der Waals surface area contributed by atoms with E-state index in [9.17, 15) is 4.79 Å². The molecule has 2 aromatic rings. The molecule has 1 fully saturated rings. The van der Waals surface area contributed by atoms with Gasteiger partial charge < -0.3 is 9.42 Å². The Balaban J connectivity index is 1.55. The first kappa shape index (κ1) is 12.6. The van der Waals surface area contributed by atoms with E-state index in [2.05, 4.69) is 10.1 Å². The Kier molecular flexibility index (Phi) is 3.33. The van der Waals surface area contributed by atoms with Crippen LogP contribution in [-0.4, -0.2) is 34.0 Å². The van der Waals surface area contributed by atoms with Crippen molar-refractivity contribution in [2.45, 2.75) is 12.8 Å². The third-order valence-corrected chi connectivity index (χ3v) is 3.30. The summed E-state index contributed by atoms with van der Waals surface area (Å²) in [6, 6.07) is 9.77. The summed E-state index contributed by atoms with van der Waals surface area (Å²) in [5.41, 5.74) is 1.02. The lowest BCUT2D eigenvalue weighted by molar-refractivity contribution is -0.130. The number of nitrogens with zero attached hydrogens (tertiary/aromatic N) is 3. The number of hydrogen-bond donors (Lipinski definition) is 0. The van der Waals surface area contributed by atoms with Crippen LogP contribution in [0.1, 0.15) is 23.2 Å². The van der Waals surface area contributed by atoms with Gasteiger partial charge in [0.25, 0.3) is 0 Å². The quantitative estimate of drug-likeness (QED) is 0.800. The molecule has 5 nitrogen and oxygen atoms in total. The maximum atomic E-state index is 12.0. The van der Waals surface area contributed by atoms with E-state index in [0.717, 1.165) is 5.56 Å². The predicted octanol–water partition coefficient (Wildman–Crippen LogP) is 2.02. The Morgan fingerprint density at radius 1 is 1.35 bits per heavy atom. The van der Waals surface area contributed by atoms with Crippen LogP contribution in [0.15, 0.2) is 40.9 Å². The van der Waals surface area contributed by atoms with E-state index >= 15 is 0 Å². The summed E-state index contributed by atoms with van der Waals surface area (Å²) in [7, 11) is 0. The number of benzene rings is 1. The van der Waals surface area contributed by atoms with Gasteiger partial charge in [0.15, 0.2) is 5.82 Å². The van der Waals surface area contributed by atoms with Crippen molar-refractivity contribution in [3.63, 3.8) is 0 Å². The summed E-state index contributed by atoms with van der Waals surface area (Å²) >= 11 is 0. The van der Waals surface area contributed by atoms with Crippen LogP contribution in [0.3, 0.4) is 0 Å². The Morgan fingerprint density at radius 3 is 2.75 bits per heavy atom. The summed E-state index contributed by atoms with van der Waals surface area (Å²) in [6.45, 7) is 3.07. The second-order valence-electron chi connectivity index (χ2n) is 4.86. The maximum Gasteiger partial charge on any atom is 0.246 e. The number of rotatable bonds is 3. The fourth-order valence-corrected chi connectivity index (χ4v) is 2.13. The van der Waals surface area contributed by atoms with Crippen molar-refractivity contribution in [3.8, 4) is 0 Å². The average Bonchev–Trinajstić information content (AvgIpc) is 2.82. The number of aromatic nitrogens is 2. The number of carbonyl (C=O) groups excluding carboxylic acids is 1. The fraction of sp³-hybridized carbons (Fsp3) is 0.267. The van der Waals surface area contributed by atoms with Crippen molar-refractivity contribution in [2.75, 3.05) is 13.1 Å². The zero-order valence-electron chi connectivity index (χ0n) is 11.2. The Bertz CT molecular complexity index is 628. The first-order valence-electron chi connectivity index (χ1n) is 6.54. The molecule has 0 unspecified atom stereocenters. The van der Waals surface area contributed by atoms with Gasteiger partial charge in [-0.05, 0) is 18.6 Å². The Hall–Kier alpha value is -2.43. The SMILES string of the molecule is Cc1noc(C2CN(C(=O)/C=C/c3ccccc3)C2)n1. The second kappa shape index (κ2) is 5.28. The first-order chi connectivity index (χ1) is 9.72. The van der Waals surface area contributed by atoms with E-state index in [0.29, 0.717) is 24.8 Å². The number of carbonyl (C=O) groups is 1. The summed E-state index contributed by atoms with van der Waals surface area (Å²) in [5, 5.41) is 3.76. The Labute approximate surface area is 116 Å². The van der Waals surface area contributed by atoms with Crippen LogP contribution in [0.5, 0.6) is 0 Å². The van der Waals surface area contributed by atoms with Crippen LogP contribution in [0.4, 0.5) is 0 Å². The van der Waals surface area contributed by atoms with Gasteiger partial charge in [-0.15, -0.1) is 0 Å². The van der Waals surface area contributed by atoms with Crippen LogP contribution in [0, 0.1) is 6.92 Å². The molecule has 0 atom stereocenters. The largest absolute Gasteiger partial charge is 0.339 e. The lowest BCUT2D eigenvalue weighted by Crippen LogP contribution is -2.47. The molecule has 0 bridgehead atoms. The zero-order valence-corrected chi connectivity index (χ0v) is 11.2. The molecular formula is C15H15N3O2. The van der Waals surface area contributed by atoms with E-state index in [-0.39, 0.29) is 11.8 Å². The summed E-state index contributed by atoms with van der Waals surface area (Å²) in [5.74, 6) is 1.44. The first-order valence-corrected chi connectivity index (χ1v) is 6.54. The standard InChI is InChI=1S/C15H15N3O2/c1-11-16-15(20-17-11)13-9-18(10-13)14(19)8-7-12-5-3-2-4-6-12/h2-8,13H,9-10H2,1H3/b8-7+. The van der Waals surface area contributed by atoms with Crippen LogP contribution in [-0.2, 0) is 4.79 Å². The molecule has 1 aromatic carbocycles. The van der Waals surface area contributed by atoms with E-state index in [1.807, 2.05) is 36.4 Å². The van der Waals surface area contributed by atoms with Crippen molar-refractivity contribution < 1.29 is 9.32 Å². The Morgan fingerprint density at radius 2 is 2.10 bits per heavy atom. The van der Waals surface area contributed by atoms with Crippen molar-refractivity contribution in [1.82, 2.24) is 15.0 Å². The fourth-order valence-electron chi connectivity index (χ4n) is 2.13. The van der Waals surface area contributed by atoms with Crippen molar-refractivity contribution in [2.24, 2.45) is 0 Å². The van der Waals surface area contributed by atoms with Gasteiger partial charge >= 0.3 is 0 Å². The minimum atomic E-state index is 0.0151. The monoisotopic (exact) mass is 269 g/mol. The van der Waals surface area contributed by atoms with Crippen LogP contribution in [0.25, 0.3) is 6.08 Å². The van der Waals surface area contributed by atoms with Gasteiger partial charge in [-0.3, -0.25) is 4.79 Å². The molecule has 2 heterocycles. The highest BCUT2D eigenvalue weighted by Crippen LogP contribution is 2.25. The maximum absolute atomic E-state index is 12.0. The van der Waals surface area contributed by atoms with Gasteiger partial charge in [0.1, 0.15) is 0 Å². The van der Waals surface area contributed by atoms with E-state index in [1.54, 1.807) is 17.9 Å². The van der Waals surface area contributed by atoms with Gasteiger partial charge in [-0.1, -0.05) is 35.5 Å². The highest BCUT2D eigenvalue weighted by atomic mass is 16.5. The summed E-state index contributed by atoms with van der Waals surface area (Å²) < 4.78 is 5.11. The summed E-state index contributed by atoms with van der Waals surface area (Å²) in [6.07, 6.45) is 3.43. The zero-order chi connectivity index (χ0) is 13.9. The van der Waals surface area contributed by atoms with Crippen LogP contribution >= 0.6 is 0 Å². The molecule has 20 heavy (non-hydrogen) atoms. The minimum Gasteiger partial charge on any atom is -0.339 e. The highest BCUT2D eigenvalue weighted by molar-refractivity contribution is 5.92. The van der Waals surface area contributed by atoms with Crippen molar-refractivity contribution in [3.05, 3.63) is 53.7 Å². The van der Waals surface area contributed by atoms with E-state index in [1.165, 1.54) is 0 Å². The lowest BCUT2D eigenvalue weighted by atomic mass is 10.00. The molecule has 1 aromatic heterocycles. The number of likely N-dealkylation sites (tertiary alicyclic amines) is 1. The molecule has 102 valence electrons. The second-order valence-corrected chi connectivity index (χ2v) is 4.86. The molecule has 3 rings (SSSR count). The molecular weight excluding hydrogens is 254 g/mol. The molecule has 0 radical (unpaired) electrons. The van der Waals surface area contributed by atoms with Crippen molar-refractivity contribution >= 4 is 12.0 Å². The molecule has 1 aliphatic heterocycles. The van der Waals surface area contributed by atoms with Gasteiger partial charge in [-0.25, -0.2) is 0 Å². The third kappa shape index (κ3) is 2.61. The number of amides is 1. The molecule has 0 saturated carbocycles. The van der Waals surface area contributed by atoms with E-state index < -0.39 is 0 Å². The molecule has 0 aliphatic carbocycles. The number of hydrogen-bond acceptors (Lipinski definition) is 4. The molecule has 0 N–H and O–H groups in total. The minimum absolute atomic E-state index is 0.0151. The molecule has 1 aliphatic rings. The normalized spacial score (nSPS) is 15.6. The topological polar surface area (TPSA) is 59.2 Å². The average molecular weight is 269 g/mol. The molecule has 1 amide bonds. The molecule has 1 saturated heterocycles. The highest BCUT2D eigenvalue weighted by Gasteiger charge is 2.34. The van der Waals surface area contributed by atoms with E-state index in [4.69, 9.17) is 4.52 Å². The van der Waals surface area contributed by atoms with Crippen LogP contribution < -0.4 is 0 Å². The number of aryl methyl sites for hydroxylation is 1. The van der Waals surface area contributed by atoms with Crippen LogP contribution in [0.2, 0.25) is 0 Å². The summed E-state index contributed by atoms with van der Waals surface area (Å²) in [4.78, 5) is 17.9. The lowest BCUT2D eigenvalue weighted by Gasteiger charge is -2.36. The third-order valence-electron chi connectivity index (χ3n) is 3.30. The van der Waals surface area contributed by atoms with Crippen molar-refractivity contribution in [1.29, 1.82) is 0 Å². The molecule has 0 spiro atoms. The predicted molar refractivity (Wildman–Crippen MR) is 73.8 cm³/mol. The van der Waals surface area contributed by atoms with Gasteiger partial charge in [0, 0.05) is 19.2 Å².